The van der Waals surface area contributed by atoms with Crippen molar-refractivity contribution in [3.05, 3.63) is 276 Å². The first-order valence-electron chi connectivity index (χ1n) is 26.0. The van der Waals surface area contributed by atoms with Crippen molar-refractivity contribution in [2.75, 3.05) is 9.80 Å². The summed E-state index contributed by atoms with van der Waals surface area (Å²) in [5.74, 6) is 0. The first-order valence-corrected chi connectivity index (χ1v) is 26.0. The number of hydrogen-bond donors (Lipinski definition) is 0. The van der Waals surface area contributed by atoms with Gasteiger partial charge < -0.3 is 9.80 Å². The van der Waals surface area contributed by atoms with Crippen molar-refractivity contribution in [1.82, 2.24) is 0 Å². The Morgan fingerprint density at radius 3 is 1.03 bits per heavy atom. The number of rotatable bonds is 8. The Hall–Kier alpha value is -8.98. The minimum absolute atomic E-state index is 0.210. The van der Waals surface area contributed by atoms with Crippen molar-refractivity contribution in [3.63, 3.8) is 0 Å². The third kappa shape index (κ3) is 7.01. The van der Waals surface area contributed by atoms with Gasteiger partial charge >= 0.3 is 0 Å². The molecule has 0 N–H and O–H groups in total. The molecule has 12 aromatic carbocycles. The molecular weight excluding hydrogens is 893 g/mol. The molecule has 0 aliphatic heterocycles. The molecular formula is C72H54N2. The van der Waals surface area contributed by atoms with E-state index in [1.54, 1.807) is 0 Å². The second kappa shape index (κ2) is 16.8. The molecule has 0 atom stereocenters. The topological polar surface area (TPSA) is 6.48 Å². The highest BCUT2D eigenvalue weighted by Gasteiger charge is 2.38. The predicted octanol–water partition coefficient (Wildman–Crippen LogP) is 20.0. The SMILES string of the molecule is CC1(C)c2cc(/C=C/c3ccc4c(c3)C(C)(C)c3cc(N(c5ccc6ccccc6c5)c5cccc6ccccc56)ccc3-4)ccc2-c2ccc(N(c3ccc4ccccc4c3)c3cccc4ccccc34)cc21. The van der Waals surface area contributed by atoms with Crippen LogP contribution in [0, 0.1) is 0 Å². The molecule has 0 unspecified atom stereocenters. The standard InChI is InChI=1S/C72H54N2/c1-71(2)65-41-47(29-37-61(65)63-39-35-57(45-67(63)71)73(55-33-31-49-15-5-7-19-53(49)43-55)69-25-13-21-51-17-9-11-23-59(51)69)27-28-48-30-38-62-64-40-36-58(46-68(64)72(3,4)66(62)42-48)74(56-34-32-50-16-6-8-20-54(50)44-56)70-26-14-22-52-18-10-12-24-60(52)70/h5-46H,1-4H3/b28-27+. The Morgan fingerprint density at radius 1 is 0.270 bits per heavy atom. The van der Waals surface area contributed by atoms with Gasteiger partial charge in [0.25, 0.3) is 0 Å². The number of anilines is 6. The molecule has 0 spiro atoms. The molecule has 352 valence electrons. The number of benzene rings is 12. The maximum absolute atomic E-state index is 2.45. The van der Waals surface area contributed by atoms with E-state index in [0.717, 1.165) is 22.7 Å². The van der Waals surface area contributed by atoms with Crippen LogP contribution in [-0.4, -0.2) is 0 Å². The van der Waals surface area contributed by atoms with Gasteiger partial charge in [0.15, 0.2) is 0 Å². The number of nitrogens with zero attached hydrogens (tertiary/aromatic N) is 2. The minimum Gasteiger partial charge on any atom is -0.310 e. The molecule has 0 heterocycles. The third-order valence-electron chi connectivity index (χ3n) is 16.3. The van der Waals surface area contributed by atoms with Crippen LogP contribution in [0.1, 0.15) is 61.1 Å². The van der Waals surface area contributed by atoms with E-state index >= 15 is 0 Å². The summed E-state index contributed by atoms with van der Waals surface area (Å²) in [7, 11) is 0. The summed E-state index contributed by atoms with van der Waals surface area (Å²) >= 11 is 0. The van der Waals surface area contributed by atoms with Crippen molar-refractivity contribution < 1.29 is 0 Å². The van der Waals surface area contributed by atoms with Crippen LogP contribution in [-0.2, 0) is 10.8 Å². The van der Waals surface area contributed by atoms with Crippen LogP contribution in [0.2, 0.25) is 0 Å². The van der Waals surface area contributed by atoms with Gasteiger partial charge in [0.1, 0.15) is 0 Å². The van der Waals surface area contributed by atoms with Crippen LogP contribution in [0.15, 0.2) is 243 Å². The lowest BCUT2D eigenvalue weighted by Gasteiger charge is -2.29. The smallest absolute Gasteiger partial charge is 0.0540 e. The van der Waals surface area contributed by atoms with Gasteiger partial charge in [-0.15, -0.1) is 0 Å². The van der Waals surface area contributed by atoms with Crippen LogP contribution < -0.4 is 9.80 Å². The molecule has 0 radical (unpaired) electrons. The van der Waals surface area contributed by atoms with Crippen LogP contribution in [0.4, 0.5) is 34.1 Å². The number of hydrogen-bond acceptors (Lipinski definition) is 2. The Labute approximate surface area is 433 Å². The fraction of sp³-hybridized carbons (Fsp3) is 0.0833. The van der Waals surface area contributed by atoms with Gasteiger partial charge in [-0.3, -0.25) is 0 Å². The van der Waals surface area contributed by atoms with Gasteiger partial charge in [0.2, 0.25) is 0 Å². The zero-order valence-electron chi connectivity index (χ0n) is 42.1. The molecule has 2 nitrogen and oxygen atoms in total. The second-order valence-corrected chi connectivity index (χ2v) is 21.4. The van der Waals surface area contributed by atoms with Crippen LogP contribution in [0.5, 0.6) is 0 Å². The van der Waals surface area contributed by atoms with Gasteiger partial charge in [-0.25, -0.2) is 0 Å². The lowest BCUT2D eigenvalue weighted by molar-refractivity contribution is 0.660. The summed E-state index contributed by atoms with van der Waals surface area (Å²) in [6, 6.07) is 90.0. The van der Waals surface area contributed by atoms with Crippen molar-refractivity contribution in [2.45, 2.75) is 38.5 Å². The zero-order valence-corrected chi connectivity index (χ0v) is 42.1. The highest BCUT2D eigenvalue weighted by molar-refractivity contribution is 6.03. The fourth-order valence-electron chi connectivity index (χ4n) is 12.5. The maximum Gasteiger partial charge on any atom is 0.0540 e. The largest absolute Gasteiger partial charge is 0.310 e. The monoisotopic (exact) mass is 946 g/mol. The third-order valence-corrected chi connectivity index (χ3v) is 16.3. The summed E-state index contributed by atoms with van der Waals surface area (Å²) < 4.78 is 0. The molecule has 0 aromatic heterocycles. The normalized spacial score (nSPS) is 13.8. The Kier molecular flexibility index (Phi) is 9.94. The van der Waals surface area contributed by atoms with Crippen molar-refractivity contribution in [2.24, 2.45) is 0 Å². The summed E-state index contributed by atoms with van der Waals surface area (Å²) in [6.45, 7) is 9.56. The fourth-order valence-corrected chi connectivity index (χ4v) is 12.5. The van der Waals surface area contributed by atoms with Crippen LogP contribution >= 0.6 is 0 Å². The first kappa shape index (κ1) is 43.8. The second-order valence-electron chi connectivity index (χ2n) is 21.4. The van der Waals surface area contributed by atoms with E-state index in [-0.39, 0.29) is 10.8 Å². The van der Waals surface area contributed by atoms with Gasteiger partial charge in [-0.1, -0.05) is 222 Å². The van der Waals surface area contributed by atoms with Crippen molar-refractivity contribution >= 4 is 89.4 Å². The molecule has 12 aromatic rings. The molecule has 74 heavy (non-hydrogen) atoms. The van der Waals surface area contributed by atoms with Gasteiger partial charge in [-0.2, -0.15) is 0 Å². The minimum atomic E-state index is -0.210. The molecule has 2 aliphatic carbocycles. The highest BCUT2D eigenvalue weighted by atomic mass is 15.1. The van der Waals surface area contributed by atoms with E-state index in [0.29, 0.717) is 0 Å². The Balaban J connectivity index is 0.784. The van der Waals surface area contributed by atoms with Crippen molar-refractivity contribution in [3.8, 4) is 22.3 Å². The van der Waals surface area contributed by atoms with E-state index in [9.17, 15) is 0 Å². The van der Waals surface area contributed by atoms with Gasteiger partial charge in [0.05, 0.1) is 11.4 Å². The average molecular weight is 947 g/mol. The maximum atomic E-state index is 2.45. The quantitative estimate of drug-likeness (QED) is 0.140. The van der Waals surface area contributed by atoms with Crippen LogP contribution in [0.3, 0.4) is 0 Å². The summed E-state index contributed by atoms with van der Waals surface area (Å²) in [6.07, 6.45) is 4.60. The van der Waals surface area contributed by atoms with Crippen LogP contribution in [0.25, 0.3) is 77.5 Å². The molecule has 0 saturated carbocycles. The zero-order chi connectivity index (χ0) is 49.7. The van der Waals surface area contributed by atoms with E-state index in [4.69, 9.17) is 0 Å². The Bertz CT molecular complexity index is 4000. The summed E-state index contributed by atoms with van der Waals surface area (Å²) in [4.78, 5) is 4.90. The highest BCUT2D eigenvalue weighted by Crippen LogP contribution is 2.54. The summed E-state index contributed by atoms with van der Waals surface area (Å²) in [5, 5.41) is 9.84. The Morgan fingerprint density at radius 2 is 0.595 bits per heavy atom. The number of fused-ring (bicyclic) bond motifs is 10. The van der Waals surface area contributed by atoms with E-state index in [1.807, 2.05) is 0 Å². The average Bonchev–Trinajstić information content (AvgIpc) is 3.80. The van der Waals surface area contributed by atoms with Gasteiger partial charge in [0, 0.05) is 44.4 Å². The van der Waals surface area contributed by atoms with E-state index in [1.165, 1.54) is 110 Å². The summed E-state index contributed by atoms with van der Waals surface area (Å²) in [5.41, 5.74) is 19.6. The van der Waals surface area contributed by atoms with Crippen molar-refractivity contribution in [1.29, 1.82) is 0 Å². The molecule has 0 amide bonds. The lowest BCUT2D eigenvalue weighted by Crippen LogP contribution is -2.17. The van der Waals surface area contributed by atoms with Gasteiger partial charge in [-0.05, 0) is 149 Å². The molecule has 2 aliphatic rings. The first-order chi connectivity index (χ1) is 36.2. The van der Waals surface area contributed by atoms with E-state index in [2.05, 4.69) is 292 Å². The molecule has 0 bridgehead atoms. The molecule has 0 saturated heterocycles. The predicted molar refractivity (Wildman–Crippen MR) is 316 cm³/mol. The molecule has 0 fully saturated rings. The van der Waals surface area contributed by atoms with E-state index < -0.39 is 0 Å². The molecule has 2 heteroatoms. The molecule has 14 rings (SSSR count). The lowest BCUT2D eigenvalue weighted by atomic mass is 9.81.